The smallest absolute Gasteiger partial charge is 0.150 e. The first-order valence-electron chi connectivity index (χ1n) is 7.39. The Labute approximate surface area is 120 Å². The van der Waals surface area contributed by atoms with Gasteiger partial charge >= 0.3 is 0 Å². The van der Waals surface area contributed by atoms with Gasteiger partial charge in [0.05, 0.1) is 12.2 Å². The molecule has 0 aliphatic carbocycles. The highest BCUT2D eigenvalue weighted by atomic mass is 15.3. The maximum atomic E-state index is 4.62. The third-order valence-corrected chi connectivity index (χ3v) is 3.10. The monoisotopic (exact) mass is 273 g/mol. The van der Waals surface area contributed by atoms with Crippen LogP contribution in [0.15, 0.2) is 18.2 Å². The molecule has 2 aromatic rings. The summed E-state index contributed by atoms with van der Waals surface area (Å²) in [5.74, 6) is 2.86. The van der Waals surface area contributed by atoms with E-state index in [2.05, 4.69) is 41.2 Å². The van der Waals surface area contributed by atoms with Crippen LogP contribution in [0.25, 0.3) is 0 Å². The Hall–Kier alpha value is -1.91. The van der Waals surface area contributed by atoms with Crippen molar-refractivity contribution in [3.8, 4) is 0 Å². The van der Waals surface area contributed by atoms with Gasteiger partial charge < -0.3 is 5.32 Å². The zero-order valence-corrected chi connectivity index (χ0v) is 12.6. The number of nitrogens with zero attached hydrogens (tertiary/aromatic N) is 4. The fourth-order valence-electron chi connectivity index (χ4n) is 2.04. The molecule has 0 bridgehead atoms. The van der Waals surface area contributed by atoms with Crippen LogP contribution in [0.3, 0.4) is 0 Å². The van der Waals surface area contributed by atoms with E-state index >= 15 is 0 Å². The molecule has 0 unspecified atom stereocenters. The molecule has 0 atom stereocenters. The lowest BCUT2D eigenvalue weighted by molar-refractivity contribution is 0.627. The van der Waals surface area contributed by atoms with E-state index in [0.29, 0.717) is 6.54 Å². The Bertz CT molecular complexity index is 547. The van der Waals surface area contributed by atoms with Crippen LogP contribution in [0, 0.1) is 0 Å². The van der Waals surface area contributed by atoms with Gasteiger partial charge in [-0.15, -0.1) is 0 Å². The minimum atomic E-state index is 0.678. The largest absolute Gasteiger partial charge is 0.370 e. The molecule has 0 amide bonds. The predicted octanol–water partition coefficient (Wildman–Crippen LogP) is 2.67. The van der Waals surface area contributed by atoms with Crippen molar-refractivity contribution in [3.05, 3.63) is 35.5 Å². The number of nitrogens with one attached hydrogen (secondary N) is 1. The van der Waals surface area contributed by atoms with E-state index < -0.39 is 0 Å². The number of rotatable bonds is 7. The summed E-state index contributed by atoms with van der Waals surface area (Å²) in [6.07, 6.45) is 2.85. The zero-order valence-electron chi connectivity index (χ0n) is 12.6. The fourth-order valence-corrected chi connectivity index (χ4v) is 2.04. The number of hydrogen-bond acceptors (Lipinski definition) is 4. The second-order valence-electron chi connectivity index (χ2n) is 4.75. The molecule has 0 aliphatic heterocycles. The number of pyridine rings is 1. The van der Waals surface area contributed by atoms with Crippen molar-refractivity contribution >= 4 is 5.82 Å². The zero-order chi connectivity index (χ0) is 14.4. The van der Waals surface area contributed by atoms with Crippen LogP contribution < -0.4 is 5.32 Å². The van der Waals surface area contributed by atoms with E-state index in [1.165, 1.54) is 0 Å². The van der Waals surface area contributed by atoms with E-state index in [9.17, 15) is 0 Å². The molecule has 0 saturated carbocycles. The van der Waals surface area contributed by atoms with Gasteiger partial charge in [-0.2, -0.15) is 5.10 Å². The maximum Gasteiger partial charge on any atom is 0.150 e. The molecule has 0 aliphatic rings. The molecule has 0 radical (unpaired) electrons. The SMILES string of the molecule is CCCNc1cccc(Cn2nc(CC)nc2CC)n1. The van der Waals surface area contributed by atoms with Crippen LogP contribution in [0.2, 0.25) is 0 Å². The molecule has 0 aromatic carbocycles. The van der Waals surface area contributed by atoms with Gasteiger partial charge in [-0.1, -0.05) is 26.8 Å². The lowest BCUT2D eigenvalue weighted by Crippen LogP contribution is -2.09. The van der Waals surface area contributed by atoms with Crippen LogP contribution in [0.4, 0.5) is 5.82 Å². The highest BCUT2D eigenvalue weighted by molar-refractivity contribution is 5.35. The lowest BCUT2D eigenvalue weighted by atomic mass is 10.3. The summed E-state index contributed by atoms with van der Waals surface area (Å²) >= 11 is 0. The molecule has 108 valence electrons. The molecule has 1 N–H and O–H groups in total. The van der Waals surface area contributed by atoms with Gasteiger partial charge in [-0.3, -0.25) is 0 Å². The molecule has 2 rings (SSSR count). The third kappa shape index (κ3) is 3.56. The molecule has 0 fully saturated rings. The van der Waals surface area contributed by atoms with E-state index in [0.717, 1.165) is 49.0 Å². The third-order valence-electron chi connectivity index (χ3n) is 3.10. The van der Waals surface area contributed by atoms with Crippen LogP contribution in [0.5, 0.6) is 0 Å². The first-order chi connectivity index (χ1) is 9.76. The average molecular weight is 273 g/mol. The first kappa shape index (κ1) is 14.5. The Balaban J connectivity index is 2.14. The molecule has 0 saturated heterocycles. The van der Waals surface area contributed by atoms with Crippen molar-refractivity contribution in [1.82, 2.24) is 19.7 Å². The molecule has 5 heteroatoms. The number of anilines is 1. The van der Waals surface area contributed by atoms with Crippen molar-refractivity contribution in [1.29, 1.82) is 0 Å². The molecule has 2 aromatic heterocycles. The topological polar surface area (TPSA) is 55.6 Å². The summed E-state index contributed by atoms with van der Waals surface area (Å²) in [4.78, 5) is 9.14. The second kappa shape index (κ2) is 7.03. The molecular formula is C15H23N5. The van der Waals surface area contributed by atoms with Gasteiger partial charge in [0.25, 0.3) is 0 Å². The summed E-state index contributed by atoms with van der Waals surface area (Å²) < 4.78 is 1.96. The minimum Gasteiger partial charge on any atom is -0.370 e. The van der Waals surface area contributed by atoms with Gasteiger partial charge in [0, 0.05) is 19.4 Å². The van der Waals surface area contributed by atoms with Crippen molar-refractivity contribution in [2.24, 2.45) is 0 Å². The normalized spacial score (nSPS) is 10.8. The molecule has 5 nitrogen and oxygen atoms in total. The molecule has 2 heterocycles. The van der Waals surface area contributed by atoms with Crippen molar-refractivity contribution in [2.45, 2.75) is 46.6 Å². The van der Waals surface area contributed by atoms with Gasteiger partial charge in [0.2, 0.25) is 0 Å². The van der Waals surface area contributed by atoms with Crippen LogP contribution >= 0.6 is 0 Å². The van der Waals surface area contributed by atoms with Crippen molar-refractivity contribution in [2.75, 3.05) is 11.9 Å². The van der Waals surface area contributed by atoms with E-state index in [-0.39, 0.29) is 0 Å². The Kier molecular flexibility index (Phi) is 5.09. The van der Waals surface area contributed by atoms with Crippen LogP contribution in [-0.4, -0.2) is 26.3 Å². The standard InChI is InChI=1S/C15H23N5/c1-4-10-16-14-9-7-8-12(17-14)11-20-15(6-3)18-13(5-2)19-20/h7-9H,4-6,10-11H2,1-3H3,(H,16,17). The van der Waals surface area contributed by atoms with Crippen LogP contribution in [-0.2, 0) is 19.4 Å². The highest BCUT2D eigenvalue weighted by Crippen LogP contribution is 2.08. The molecular weight excluding hydrogens is 250 g/mol. The number of aryl methyl sites for hydroxylation is 2. The summed E-state index contributed by atoms with van der Waals surface area (Å²) in [5.41, 5.74) is 1.01. The van der Waals surface area contributed by atoms with Gasteiger partial charge in [0.15, 0.2) is 5.82 Å². The van der Waals surface area contributed by atoms with Crippen LogP contribution in [0.1, 0.15) is 44.5 Å². The second-order valence-corrected chi connectivity index (χ2v) is 4.75. The predicted molar refractivity (Wildman–Crippen MR) is 80.9 cm³/mol. The molecule has 20 heavy (non-hydrogen) atoms. The van der Waals surface area contributed by atoms with E-state index in [4.69, 9.17) is 0 Å². The van der Waals surface area contributed by atoms with Gasteiger partial charge in [-0.25, -0.2) is 14.6 Å². The summed E-state index contributed by atoms with van der Waals surface area (Å²) in [6.45, 7) is 7.95. The quantitative estimate of drug-likeness (QED) is 0.842. The maximum absolute atomic E-state index is 4.62. The van der Waals surface area contributed by atoms with E-state index in [1.807, 2.05) is 22.9 Å². The number of aromatic nitrogens is 4. The van der Waals surface area contributed by atoms with Crippen molar-refractivity contribution < 1.29 is 0 Å². The Morgan fingerprint density at radius 1 is 1.10 bits per heavy atom. The van der Waals surface area contributed by atoms with Gasteiger partial charge in [0.1, 0.15) is 11.6 Å². The summed E-state index contributed by atoms with van der Waals surface area (Å²) in [5, 5.41) is 7.84. The number of hydrogen-bond donors (Lipinski definition) is 1. The Morgan fingerprint density at radius 2 is 1.95 bits per heavy atom. The Morgan fingerprint density at radius 3 is 2.65 bits per heavy atom. The fraction of sp³-hybridized carbons (Fsp3) is 0.533. The first-order valence-corrected chi connectivity index (χ1v) is 7.39. The van der Waals surface area contributed by atoms with E-state index in [1.54, 1.807) is 0 Å². The highest BCUT2D eigenvalue weighted by Gasteiger charge is 2.08. The molecule has 0 spiro atoms. The summed E-state index contributed by atoms with van der Waals surface area (Å²) in [6, 6.07) is 6.06. The van der Waals surface area contributed by atoms with Crippen molar-refractivity contribution in [3.63, 3.8) is 0 Å². The average Bonchev–Trinajstić information content (AvgIpc) is 2.87. The minimum absolute atomic E-state index is 0.678. The lowest BCUT2D eigenvalue weighted by Gasteiger charge is -2.07. The summed E-state index contributed by atoms with van der Waals surface area (Å²) in [7, 11) is 0. The van der Waals surface area contributed by atoms with Gasteiger partial charge in [-0.05, 0) is 18.6 Å².